The molecule has 144 valence electrons. The molecule has 5 nitrogen and oxygen atoms in total. The van der Waals surface area contributed by atoms with Gasteiger partial charge in [0.05, 0.1) is 16.1 Å². The van der Waals surface area contributed by atoms with Gasteiger partial charge < -0.3 is 5.11 Å². The SMILES string of the molecule is Cc1ccc(S(=O)(=O)N(CC2CCCCC2)c2ccc(C(=O)O)cc2)cc1. The van der Waals surface area contributed by atoms with Crippen LogP contribution in [0.3, 0.4) is 0 Å². The lowest BCUT2D eigenvalue weighted by atomic mass is 9.89. The topological polar surface area (TPSA) is 74.7 Å². The van der Waals surface area contributed by atoms with Crippen molar-refractivity contribution >= 4 is 21.7 Å². The van der Waals surface area contributed by atoms with Crippen LogP contribution in [0.4, 0.5) is 5.69 Å². The Morgan fingerprint density at radius 3 is 2.15 bits per heavy atom. The summed E-state index contributed by atoms with van der Waals surface area (Å²) in [7, 11) is -3.72. The molecule has 1 N–H and O–H groups in total. The van der Waals surface area contributed by atoms with Crippen LogP contribution < -0.4 is 4.31 Å². The number of carboxylic acids is 1. The number of hydrogen-bond acceptors (Lipinski definition) is 3. The summed E-state index contributed by atoms with van der Waals surface area (Å²) in [6, 6.07) is 12.9. The highest BCUT2D eigenvalue weighted by Gasteiger charge is 2.28. The number of benzene rings is 2. The van der Waals surface area contributed by atoms with Crippen LogP contribution in [-0.4, -0.2) is 26.0 Å². The molecular formula is C21H25NO4S. The minimum absolute atomic E-state index is 0.143. The van der Waals surface area contributed by atoms with Crippen molar-refractivity contribution in [3.8, 4) is 0 Å². The van der Waals surface area contributed by atoms with Gasteiger partial charge in [0.2, 0.25) is 0 Å². The summed E-state index contributed by atoms with van der Waals surface area (Å²) in [6.07, 6.45) is 5.50. The first-order valence-electron chi connectivity index (χ1n) is 9.31. The zero-order valence-electron chi connectivity index (χ0n) is 15.5. The average molecular weight is 388 g/mol. The number of sulfonamides is 1. The minimum atomic E-state index is -3.72. The Balaban J connectivity index is 1.97. The fraction of sp³-hybridized carbons (Fsp3) is 0.381. The molecule has 1 saturated carbocycles. The lowest BCUT2D eigenvalue weighted by Crippen LogP contribution is -2.36. The third-order valence-corrected chi connectivity index (χ3v) is 6.97. The molecular weight excluding hydrogens is 362 g/mol. The van der Waals surface area contributed by atoms with E-state index in [9.17, 15) is 13.2 Å². The van der Waals surface area contributed by atoms with Crippen molar-refractivity contribution in [3.63, 3.8) is 0 Å². The second-order valence-electron chi connectivity index (χ2n) is 7.21. The molecule has 0 amide bonds. The van der Waals surface area contributed by atoms with E-state index in [-0.39, 0.29) is 10.5 Å². The predicted octanol–water partition coefficient (Wildman–Crippen LogP) is 4.47. The Hall–Kier alpha value is -2.34. The molecule has 1 aliphatic carbocycles. The average Bonchev–Trinajstić information content (AvgIpc) is 2.67. The molecule has 0 bridgehead atoms. The fourth-order valence-corrected chi connectivity index (χ4v) is 5.10. The molecule has 0 heterocycles. The maximum absolute atomic E-state index is 13.3. The molecule has 3 rings (SSSR count). The van der Waals surface area contributed by atoms with Crippen LogP contribution in [0, 0.1) is 12.8 Å². The number of aryl methyl sites for hydroxylation is 1. The molecule has 0 radical (unpaired) electrons. The molecule has 1 aliphatic rings. The van der Waals surface area contributed by atoms with E-state index in [1.165, 1.54) is 22.9 Å². The quantitative estimate of drug-likeness (QED) is 0.794. The second kappa shape index (κ2) is 8.13. The van der Waals surface area contributed by atoms with Gasteiger partial charge in [-0.15, -0.1) is 0 Å². The van der Waals surface area contributed by atoms with Gasteiger partial charge in [0, 0.05) is 6.54 Å². The van der Waals surface area contributed by atoms with Crippen LogP contribution in [0.15, 0.2) is 53.4 Å². The molecule has 0 saturated heterocycles. The molecule has 2 aromatic rings. The zero-order valence-corrected chi connectivity index (χ0v) is 16.3. The Morgan fingerprint density at radius 2 is 1.59 bits per heavy atom. The largest absolute Gasteiger partial charge is 0.478 e. The normalized spacial score (nSPS) is 15.4. The molecule has 0 spiro atoms. The van der Waals surface area contributed by atoms with Crippen molar-refractivity contribution in [2.45, 2.75) is 43.9 Å². The third-order valence-electron chi connectivity index (χ3n) is 5.16. The number of rotatable bonds is 6. The van der Waals surface area contributed by atoms with E-state index in [4.69, 9.17) is 5.11 Å². The smallest absolute Gasteiger partial charge is 0.335 e. The number of aromatic carboxylic acids is 1. The molecule has 0 unspecified atom stereocenters. The lowest BCUT2D eigenvalue weighted by Gasteiger charge is -2.31. The Morgan fingerprint density at radius 1 is 1.00 bits per heavy atom. The van der Waals surface area contributed by atoms with Gasteiger partial charge in [0.25, 0.3) is 10.0 Å². The summed E-state index contributed by atoms with van der Waals surface area (Å²) in [5.41, 5.74) is 1.65. The Bertz CT molecular complexity index is 883. The first-order valence-corrected chi connectivity index (χ1v) is 10.7. The van der Waals surface area contributed by atoms with E-state index >= 15 is 0 Å². The minimum Gasteiger partial charge on any atom is -0.478 e. The summed E-state index contributed by atoms with van der Waals surface area (Å²) in [5, 5.41) is 9.11. The van der Waals surface area contributed by atoms with E-state index in [1.54, 1.807) is 36.4 Å². The van der Waals surface area contributed by atoms with Crippen molar-refractivity contribution in [1.29, 1.82) is 0 Å². The predicted molar refractivity (Wildman–Crippen MR) is 106 cm³/mol. The fourth-order valence-electron chi connectivity index (χ4n) is 3.55. The highest BCUT2D eigenvalue weighted by molar-refractivity contribution is 7.92. The van der Waals surface area contributed by atoms with Crippen LogP contribution in [0.2, 0.25) is 0 Å². The highest BCUT2D eigenvalue weighted by atomic mass is 32.2. The van der Waals surface area contributed by atoms with Crippen molar-refractivity contribution in [2.24, 2.45) is 5.92 Å². The summed E-state index contributed by atoms with van der Waals surface area (Å²) in [4.78, 5) is 11.4. The van der Waals surface area contributed by atoms with Gasteiger partial charge in [-0.2, -0.15) is 0 Å². The van der Waals surface area contributed by atoms with Crippen LogP contribution in [-0.2, 0) is 10.0 Å². The van der Waals surface area contributed by atoms with Crippen molar-refractivity contribution in [2.75, 3.05) is 10.8 Å². The van der Waals surface area contributed by atoms with Gasteiger partial charge in [-0.3, -0.25) is 4.31 Å². The molecule has 6 heteroatoms. The van der Waals surface area contributed by atoms with Crippen LogP contribution >= 0.6 is 0 Å². The van der Waals surface area contributed by atoms with Crippen LogP contribution in [0.1, 0.15) is 48.0 Å². The van der Waals surface area contributed by atoms with Crippen LogP contribution in [0.25, 0.3) is 0 Å². The second-order valence-corrected chi connectivity index (χ2v) is 9.07. The number of anilines is 1. The van der Waals surface area contributed by atoms with Gasteiger partial charge in [-0.05, 0) is 62.1 Å². The first-order chi connectivity index (χ1) is 12.9. The monoisotopic (exact) mass is 387 g/mol. The van der Waals surface area contributed by atoms with E-state index < -0.39 is 16.0 Å². The molecule has 2 aromatic carbocycles. The van der Waals surface area contributed by atoms with Gasteiger partial charge in [-0.1, -0.05) is 37.0 Å². The molecule has 0 aromatic heterocycles. The lowest BCUT2D eigenvalue weighted by molar-refractivity contribution is 0.0697. The highest BCUT2D eigenvalue weighted by Crippen LogP contribution is 2.30. The standard InChI is InChI=1S/C21H25NO4S/c1-16-7-13-20(14-8-16)27(25,26)22(15-17-5-3-2-4-6-17)19-11-9-18(10-12-19)21(23)24/h7-14,17H,2-6,15H2,1H3,(H,23,24). The number of carboxylic acid groups (broad SMARTS) is 1. The zero-order chi connectivity index (χ0) is 19.4. The van der Waals surface area contributed by atoms with Gasteiger partial charge in [-0.25, -0.2) is 13.2 Å². The maximum atomic E-state index is 13.3. The summed E-state index contributed by atoms with van der Waals surface area (Å²) >= 11 is 0. The summed E-state index contributed by atoms with van der Waals surface area (Å²) in [6.45, 7) is 2.34. The van der Waals surface area contributed by atoms with Gasteiger partial charge in [0.1, 0.15) is 0 Å². The van der Waals surface area contributed by atoms with E-state index in [0.717, 1.165) is 31.2 Å². The third kappa shape index (κ3) is 4.50. The molecule has 27 heavy (non-hydrogen) atoms. The molecule has 1 fully saturated rings. The Kier molecular flexibility index (Phi) is 5.85. The maximum Gasteiger partial charge on any atom is 0.335 e. The van der Waals surface area contributed by atoms with E-state index in [2.05, 4.69) is 0 Å². The first kappa shape index (κ1) is 19.4. The van der Waals surface area contributed by atoms with E-state index in [0.29, 0.717) is 18.2 Å². The molecule has 0 aliphatic heterocycles. The van der Waals surface area contributed by atoms with Crippen LogP contribution in [0.5, 0.6) is 0 Å². The number of nitrogens with zero attached hydrogens (tertiary/aromatic N) is 1. The van der Waals surface area contributed by atoms with E-state index in [1.807, 2.05) is 6.92 Å². The van der Waals surface area contributed by atoms with Gasteiger partial charge >= 0.3 is 5.97 Å². The summed E-state index contributed by atoms with van der Waals surface area (Å²) in [5.74, 6) is -0.708. The van der Waals surface area contributed by atoms with Crippen molar-refractivity contribution in [1.82, 2.24) is 0 Å². The number of hydrogen-bond donors (Lipinski definition) is 1. The number of carbonyl (C=O) groups is 1. The van der Waals surface area contributed by atoms with Gasteiger partial charge in [0.15, 0.2) is 0 Å². The summed E-state index contributed by atoms with van der Waals surface area (Å²) < 4.78 is 28.1. The van der Waals surface area contributed by atoms with Crippen molar-refractivity contribution in [3.05, 3.63) is 59.7 Å². The molecule has 0 atom stereocenters. The Labute approximate surface area is 160 Å². The van der Waals surface area contributed by atoms with Crippen molar-refractivity contribution < 1.29 is 18.3 Å².